The van der Waals surface area contributed by atoms with E-state index in [2.05, 4.69) is 12.1 Å². The van der Waals surface area contributed by atoms with E-state index in [-0.39, 0.29) is 12.2 Å². The lowest BCUT2D eigenvalue weighted by molar-refractivity contribution is 0.322. The molecule has 0 amide bonds. The van der Waals surface area contributed by atoms with Gasteiger partial charge in [0.25, 0.3) is 5.56 Å². The number of thiophene rings is 1. The lowest BCUT2D eigenvalue weighted by Crippen LogP contribution is -2.21. The van der Waals surface area contributed by atoms with Crippen LogP contribution in [0.25, 0.3) is 27.0 Å². The van der Waals surface area contributed by atoms with Crippen LogP contribution in [0.5, 0.6) is 0 Å². The maximum atomic E-state index is 13.6. The van der Waals surface area contributed by atoms with Gasteiger partial charge in [-0.2, -0.15) is 0 Å². The Balaban J connectivity index is 1.83. The second-order valence-corrected chi connectivity index (χ2v) is 8.50. The molecule has 0 unspecified atom stereocenters. The maximum Gasteiger partial charge on any atom is 0.268 e. The molecule has 1 N–H and O–H groups in total. The maximum absolute atomic E-state index is 13.6. The molecular formula is C21H16N2O2S2. The largest absolute Gasteiger partial charge is 0.396 e. The number of aliphatic hydroxyl groups excluding tert-OH is 1. The number of benzene rings is 2. The molecule has 0 saturated carbocycles. The lowest BCUT2D eigenvalue weighted by atomic mass is 10.1. The van der Waals surface area contributed by atoms with Crippen molar-refractivity contribution in [3.05, 3.63) is 75.4 Å². The van der Waals surface area contributed by atoms with Gasteiger partial charge in [-0.25, -0.2) is 4.98 Å². The summed E-state index contributed by atoms with van der Waals surface area (Å²) < 4.78 is 1.68. The predicted octanol–water partition coefficient (Wildman–Crippen LogP) is 4.10. The molecule has 1 aliphatic rings. The molecule has 6 heteroatoms. The zero-order valence-electron chi connectivity index (χ0n) is 14.4. The monoisotopic (exact) mass is 392 g/mol. The summed E-state index contributed by atoms with van der Waals surface area (Å²) in [6.07, 6.45) is 0.858. The molecule has 0 saturated heterocycles. The van der Waals surface area contributed by atoms with Crippen LogP contribution < -0.4 is 5.56 Å². The Hall–Kier alpha value is -2.41. The van der Waals surface area contributed by atoms with Crippen LogP contribution in [0.1, 0.15) is 10.4 Å². The van der Waals surface area contributed by atoms with Crippen LogP contribution in [-0.4, -0.2) is 27.0 Å². The Labute approximate surface area is 164 Å². The van der Waals surface area contributed by atoms with Crippen molar-refractivity contribution in [1.29, 1.82) is 0 Å². The number of hydrogen-bond acceptors (Lipinski definition) is 5. The molecule has 4 aromatic rings. The average Bonchev–Trinajstić information content (AvgIpc) is 3.22. The quantitative estimate of drug-likeness (QED) is 0.370. The highest BCUT2D eigenvalue weighted by molar-refractivity contribution is 7.99. The lowest BCUT2D eigenvalue weighted by Gasteiger charge is -2.12. The van der Waals surface area contributed by atoms with Crippen molar-refractivity contribution < 1.29 is 5.11 Å². The Morgan fingerprint density at radius 3 is 2.70 bits per heavy atom. The summed E-state index contributed by atoms with van der Waals surface area (Å²) in [5.41, 5.74) is 4.22. The van der Waals surface area contributed by atoms with E-state index in [1.165, 1.54) is 22.2 Å². The smallest absolute Gasteiger partial charge is 0.268 e. The normalized spacial score (nSPS) is 12.3. The van der Waals surface area contributed by atoms with E-state index in [0.717, 1.165) is 28.1 Å². The van der Waals surface area contributed by atoms with Crippen molar-refractivity contribution in [3.8, 4) is 16.8 Å². The Morgan fingerprint density at radius 2 is 1.89 bits per heavy atom. The average molecular weight is 393 g/mol. The highest BCUT2D eigenvalue weighted by Gasteiger charge is 2.27. The summed E-state index contributed by atoms with van der Waals surface area (Å²) in [4.78, 5) is 20.4. The molecule has 2 heterocycles. The summed E-state index contributed by atoms with van der Waals surface area (Å²) in [6.45, 7) is 0.0433. The molecule has 4 nitrogen and oxygen atoms in total. The van der Waals surface area contributed by atoms with Gasteiger partial charge in [-0.3, -0.25) is 9.36 Å². The molecule has 2 aromatic heterocycles. The number of hydrogen-bond donors (Lipinski definition) is 1. The summed E-state index contributed by atoms with van der Waals surface area (Å²) in [5, 5.41) is 10.6. The molecule has 0 spiro atoms. The van der Waals surface area contributed by atoms with Gasteiger partial charge in [-0.1, -0.05) is 54.2 Å². The Bertz CT molecular complexity index is 1210. The molecule has 27 heavy (non-hydrogen) atoms. The number of para-hydroxylation sites is 1. The van der Waals surface area contributed by atoms with Crippen LogP contribution >= 0.6 is 23.1 Å². The number of fused-ring (bicyclic) bond motifs is 5. The molecule has 2 aromatic carbocycles. The fraction of sp³-hybridized carbons (Fsp3) is 0.143. The number of nitrogens with zero attached hydrogens (tertiary/aromatic N) is 2. The van der Waals surface area contributed by atoms with Crippen LogP contribution in [0.15, 0.2) is 64.5 Å². The van der Waals surface area contributed by atoms with Gasteiger partial charge >= 0.3 is 0 Å². The fourth-order valence-corrected chi connectivity index (χ4v) is 5.62. The Morgan fingerprint density at radius 1 is 1.11 bits per heavy atom. The highest BCUT2D eigenvalue weighted by Crippen LogP contribution is 2.45. The van der Waals surface area contributed by atoms with E-state index in [1.807, 2.05) is 42.5 Å². The van der Waals surface area contributed by atoms with E-state index in [0.29, 0.717) is 16.3 Å². The van der Waals surface area contributed by atoms with E-state index in [9.17, 15) is 9.90 Å². The highest BCUT2D eigenvalue weighted by atomic mass is 32.2. The van der Waals surface area contributed by atoms with Gasteiger partial charge in [0, 0.05) is 22.6 Å². The van der Waals surface area contributed by atoms with Gasteiger partial charge in [0.2, 0.25) is 0 Å². The molecule has 0 fully saturated rings. The number of aromatic nitrogens is 2. The van der Waals surface area contributed by atoms with Gasteiger partial charge in [0.05, 0.1) is 17.7 Å². The van der Waals surface area contributed by atoms with Crippen molar-refractivity contribution >= 4 is 33.3 Å². The van der Waals surface area contributed by atoms with Gasteiger partial charge in [0.1, 0.15) is 4.83 Å². The second kappa shape index (κ2) is 6.64. The SMILES string of the molecule is O=c1c2c3c(sc2nc(SCCO)n1-c1ccccc1)Cc1ccccc1-3. The molecule has 0 atom stereocenters. The van der Waals surface area contributed by atoms with Crippen LogP contribution in [0, 0.1) is 0 Å². The summed E-state index contributed by atoms with van der Waals surface area (Å²) in [5.74, 6) is 0.499. The fourth-order valence-electron chi connectivity index (χ4n) is 3.62. The van der Waals surface area contributed by atoms with Crippen molar-refractivity contribution in [1.82, 2.24) is 9.55 Å². The van der Waals surface area contributed by atoms with Crippen LogP contribution in [0.4, 0.5) is 0 Å². The molecule has 0 bridgehead atoms. The first-order valence-corrected chi connectivity index (χ1v) is 10.5. The van der Waals surface area contributed by atoms with E-state index >= 15 is 0 Å². The van der Waals surface area contributed by atoms with Gasteiger partial charge in [-0.05, 0) is 23.3 Å². The second-order valence-electron chi connectivity index (χ2n) is 6.36. The molecule has 0 aliphatic heterocycles. The predicted molar refractivity (Wildman–Crippen MR) is 111 cm³/mol. The van der Waals surface area contributed by atoms with E-state index in [4.69, 9.17) is 4.98 Å². The van der Waals surface area contributed by atoms with E-state index < -0.39 is 0 Å². The minimum atomic E-state index is -0.0409. The Kier molecular flexibility index (Phi) is 4.11. The molecule has 134 valence electrons. The summed E-state index contributed by atoms with van der Waals surface area (Å²) in [7, 11) is 0. The van der Waals surface area contributed by atoms with Crippen molar-refractivity contribution in [2.75, 3.05) is 12.4 Å². The van der Waals surface area contributed by atoms with Gasteiger partial charge in [0.15, 0.2) is 5.16 Å². The topological polar surface area (TPSA) is 55.1 Å². The zero-order chi connectivity index (χ0) is 18.4. The number of rotatable bonds is 4. The zero-order valence-corrected chi connectivity index (χ0v) is 16.0. The summed E-state index contributed by atoms with van der Waals surface area (Å²) >= 11 is 3.01. The number of aliphatic hydroxyl groups is 1. The van der Waals surface area contributed by atoms with Gasteiger partial charge in [-0.15, -0.1) is 11.3 Å². The van der Waals surface area contributed by atoms with E-state index in [1.54, 1.807) is 15.9 Å². The van der Waals surface area contributed by atoms with Gasteiger partial charge < -0.3 is 5.11 Å². The third-order valence-corrected chi connectivity index (χ3v) is 6.74. The molecular weight excluding hydrogens is 376 g/mol. The molecule has 5 rings (SSSR count). The first-order valence-electron chi connectivity index (χ1n) is 8.73. The standard InChI is InChI=1S/C21H16N2O2S2/c24-10-11-26-21-22-19-18(20(25)23(21)14-7-2-1-3-8-14)17-15-9-5-4-6-13(15)12-16(17)27-19/h1-9,24H,10-12H2. The third kappa shape index (κ3) is 2.64. The van der Waals surface area contributed by atoms with Crippen molar-refractivity contribution in [2.24, 2.45) is 0 Å². The summed E-state index contributed by atoms with van der Waals surface area (Å²) in [6, 6.07) is 17.9. The third-order valence-electron chi connectivity index (χ3n) is 4.74. The van der Waals surface area contributed by atoms with Crippen molar-refractivity contribution in [3.63, 3.8) is 0 Å². The van der Waals surface area contributed by atoms with Crippen LogP contribution in [0.2, 0.25) is 0 Å². The van der Waals surface area contributed by atoms with Crippen LogP contribution in [0.3, 0.4) is 0 Å². The molecule has 1 aliphatic carbocycles. The minimum Gasteiger partial charge on any atom is -0.396 e. The molecule has 0 radical (unpaired) electrons. The first-order chi connectivity index (χ1) is 13.3. The van der Waals surface area contributed by atoms with Crippen LogP contribution in [-0.2, 0) is 6.42 Å². The minimum absolute atomic E-state index is 0.0409. The number of thioether (sulfide) groups is 1. The first kappa shape index (κ1) is 16.7. The van der Waals surface area contributed by atoms with Crippen molar-refractivity contribution in [2.45, 2.75) is 11.6 Å².